The zero-order chi connectivity index (χ0) is 9.10. The van der Waals surface area contributed by atoms with E-state index in [1.165, 1.54) is 19.3 Å². The van der Waals surface area contributed by atoms with Gasteiger partial charge in [0.2, 0.25) is 0 Å². The molecule has 0 amide bonds. The average molecular weight is 176 g/mol. The molecule has 2 heteroatoms. The summed E-state index contributed by atoms with van der Waals surface area (Å²) in [5, 5.41) is 9.29. The minimum absolute atomic E-state index is 0.308. The first kappa shape index (κ1) is 8.42. The number of nitrogens with zero attached hydrogens (tertiary/aromatic N) is 1. The lowest BCUT2D eigenvalue weighted by Gasteiger charge is -2.28. The van der Waals surface area contributed by atoms with E-state index in [0.29, 0.717) is 5.75 Å². The van der Waals surface area contributed by atoms with Crippen LogP contribution in [0.5, 0.6) is 5.75 Å². The zero-order valence-corrected chi connectivity index (χ0v) is 7.66. The number of hydrogen-bond donors (Lipinski definition) is 1. The molecule has 1 radical (unpaired) electrons. The van der Waals surface area contributed by atoms with Crippen molar-refractivity contribution in [3.63, 3.8) is 0 Å². The van der Waals surface area contributed by atoms with Crippen LogP contribution in [-0.2, 0) is 0 Å². The first-order valence-corrected chi connectivity index (χ1v) is 4.81. The number of benzene rings is 1. The summed E-state index contributed by atoms with van der Waals surface area (Å²) < 4.78 is 0. The smallest absolute Gasteiger partial charge is 0.118 e. The molecule has 1 aromatic rings. The van der Waals surface area contributed by atoms with Crippen molar-refractivity contribution < 1.29 is 5.11 Å². The van der Waals surface area contributed by atoms with Crippen LogP contribution in [0.1, 0.15) is 19.3 Å². The predicted molar refractivity (Wildman–Crippen MR) is 53.0 cm³/mol. The van der Waals surface area contributed by atoms with Crippen LogP contribution in [0, 0.1) is 6.07 Å². The van der Waals surface area contributed by atoms with E-state index in [-0.39, 0.29) is 0 Å². The summed E-state index contributed by atoms with van der Waals surface area (Å²) in [5.41, 5.74) is 1.10. The Hall–Kier alpha value is -1.18. The van der Waals surface area contributed by atoms with Crippen LogP contribution in [0.15, 0.2) is 18.2 Å². The summed E-state index contributed by atoms with van der Waals surface area (Å²) in [6, 6.07) is 8.27. The van der Waals surface area contributed by atoms with Gasteiger partial charge in [-0.25, -0.2) is 0 Å². The number of phenolic OH excluding ortho intramolecular Hbond substituents is 1. The third kappa shape index (κ3) is 1.94. The molecule has 1 aliphatic rings. The Balaban J connectivity index is 2.14. The van der Waals surface area contributed by atoms with Gasteiger partial charge in [-0.1, -0.05) is 0 Å². The van der Waals surface area contributed by atoms with Crippen LogP contribution in [0.4, 0.5) is 5.69 Å². The lowest BCUT2D eigenvalue weighted by molar-refractivity contribution is 0.474. The molecule has 1 aliphatic heterocycles. The molecule has 0 saturated carbocycles. The van der Waals surface area contributed by atoms with Crippen LogP contribution in [0.3, 0.4) is 0 Å². The Morgan fingerprint density at radius 3 is 2.62 bits per heavy atom. The van der Waals surface area contributed by atoms with Crippen LogP contribution in [0.2, 0.25) is 0 Å². The highest BCUT2D eigenvalue weighted by Crippen LogP contribution is 2.22. The fourth-order valence-electron chi connectivity index (χ4n) is 1.78. The van der Waals surface area contributed by atoms with Crippen LogP contribution in [0.25, 0.3) is 0 Å². The van der Waals surface area contributed by atoms with E-state index in [0.717, 1.165) is 18.8 Å². The molecular formula is C11H14NO. The number of aromatic hydroxyl groups is 1. The van der Waals surface area contributed by atoms with Crippen molar-refractivity contribution in [2.24, 2.45) is 0 Å². The monoisotopic (exact) mass is 176 g/mol. The minimum atomic E-state index is 0.308. The van der Waals surface area contributed by atoms with Crippen LogP contribution < -0.4 is 4.90 Å². The lowest BCUT2D eigenvalue weighted by Crippen LogP contribution is -2.29. The van der Waals surface area contributed by atoms with E-state index in [1.54, 1.807) is 6.07 Å². The Labute approximate surface area is 78.8 Å². The fourth-order valence-corrected chi connectivity index (χ4v) is 1.78. The van der Waals surface area contributed by atoms with Crippen molar-refractivity contribution in [2.45, 2.75) is 19.3 Å². The molecule has 0 aliphatic carbocycles. The van der Waals surface area contributed by atoms with Gasteiger partial charge in [0.05, 0.1) is 0 Å². The normalized spacial score (nSPS) is 17.4. The van der Waals surface area contributed by atoms with Crippen molar-refractivity contribution in [3.8, 4) is 5.75 Å². The van der Waals surface area contributed by atoms with Gasteiger partial charge in [0.1, 0.15) is 5.75 Å². The maximum atomic E-state index is 9.29. The number of rotatable bonds is 1. The van der Waals surface area contributed by atoms with E-state index < -0.39 is 0 Å². The van der Waals surface area contributed by atoms with E-state index in [1.807, 2.05) is 12.1 Å². The molecule has 2 nitrogen and oxygen atoms in total. The molecule has 2 rings (SSSR count). The van der Waals surface area contributed by atoms with Gasteiger partial charge in [0.25, 0.3) is 0 Å². The summed E-state index contributed by atoms with van der Waals surface area (Å²) in [6.45, 7) is 2.22. The van der Waals surface area contributed by atoms with Crippen molar-refractivity contribution in [2.75, 3.05) is 18.0 Å². The Morgan fingerprint density at radius 1 is 1.15 bits per heavy atom. The number of piperidine rings is 1. The number of hydrogen-bond acceptors (Lipinski definition) is 2. The highest BCUT2D eigenvalue weighted by molar-refractivity contribution is 5.50. The predicted octanol–water partition coefficient (Wildman–Crippen LogP) is 2.18. The second-order valence-electron chi connectivity index (χ2n) is 3.50. The summed E-state index contributed by atoms with van der Waals surface area (Å²) in [6.07, 6.45) is 3.85. The third-order valence-corrected chi connectivity index (χ3v) is 2.48. The molecule has 69 valence electrons. The summed E-state index contributed by atoms with van der Waals surface area (Å²) in [4.78, 5) is 2.31. The Bertz CT molecular complexity index is 279. The lowest BCUT2D eigenvalue weighted by atomic mass is 10.1. The SMILES string of the molecule is Oc1c[c]cc(N2CCCCC2)c1. The van der Waals surface area contributed by atoms with E-state index in [4.69, 9.17) is 0 Å². The largest absolute Gasteiger partial charge is 0.508 e. The van der Waals surface area contributed by atoms with Gasteiger partial charge < -0.3 is 10.0 Å². The fraction of sp³-hybridized carbons (Fsp3) is 0.455. The van der Waals surface area contributed by atoms with E-state index in [2.05, 4.69) is 11.0 Å². The zero-order valence-electron chi connectivity index (χ0n) is 7.66. The van der Waals surface area contributed by atoms with E-state index >= 15 is 0 Å². The van der Waals surface area contributed by atoms with Gasteiger partial charge in [-0.15, -0.1) is 0 Å². The molecule has 1 fully saturated rings. The maximum absolute atomic E-state index is 9.29. The van der Waals surface area contributed by atoms with Crippen LogP contribution in [-0.4, -0.2) is 18.2 Å². The molecule has 0 bridgehead atoms. The van der Waals surface area contributed by atoms with Crippen molar-refractivity contribution in [1.82, 2.24) is 0 Å². The average Bonchev–Trinajstić information content (AvgIpc) is 2.19. The van der Waals surface area contributed by atoms with Gasteiger partial charge in [-0.3, -0.25) is 0 Å². The summed E-state index contributed by atoms with van der Waals surface area (Å²) in [7, 11) is 0. The third-order valence-electron chi connectivity index (χ3n) is 2.48. The molecular weight excluding hydrogens is 162 g/mol. The molecule has 0 aromatic heterocycles. The maximum Gasteiger partial charge on any atom is 0.118 e. The highest BCUT2D eigenvalue weighted by atomic mass is 16.3. The van der Waals surface area contributed by atoms with E-state index in [9.17, 15) is 5.11 Å². The van der Waals surface area contributed by atoms with Gasteiger partial charge in [0.15, 0.2) is 0 Å². The molecule has 0 unspecified atom stereocenters. The minimum Gasteiger partial charge on any atom is -0.508 e. The van der Waals surface area contributed by atoms with Gasteiger partial charge >= 0.3 is 0 Å². The molecule has 1 aromatic carbocycles. The molecule has 1 saturated heterocycles. The first-order valence-electron chi connectivity index (χ1n) is 4.81. The summed E-state index contributed by atoms with van der Waals surface area (Å²) in [5.74, 6) is 0.308. The molecule has 1 N–H and O–H groups in total. The van der Waals surface area contributed by atoms with Gasteiger partial charge in [0, 0.05) is 24.8 Å². The highest BCUT2D eigenvalue weighted by Gasteiger charge is 2.10. The van der Waals surface area contributed by atoms with Crippen LogP contribution >= 0.6 is 0 Å². The second-order valence-corrected chi connectivity index (χ2v) is 3.50. The van der Waals surface area contributed by atoms with Gasteiger partial charge in [-0.2, -0.15) is 0 Å². The van der Waals surface area contributed by atoms with Gasteiger partial charge in [-0.05, 0) is 37.5 Å². The Morgan fingerprint density at radius 2 is 1.92 bits per heavy atom. The topological polar surface area (TPSA) is 23.5 Å². The molecule has 0 spiro atoms. The second kappa shape index (κ2) is 3.69. The van der Waals surface area contributed by atoms with Crippen molar-refractivity contribution in [3.05, 3.63) is 24.3 Å². The first-order chi connectivity index (χ1) is 6.36. The molecule has 1 heterocycles. The number of anilines is 1. The standard InChI is InChI=1S/C11H14NO/c13-11-6-4-5-10(9-11)12-7-2-1-3-8-12/h5-6,9,13H,1-3,7-8H2. The quantitative estimate of drug-likeness (QED) is 0.709. The summed E-state index contributed by atoms with van der Waals surface area (Å²) >= 11 is 0. The van der Waals surface area contributed by atoms with Crippen molar-refractivity contribution in [1.29, 1.82) is 0 Å². The number of phenols is 1. The van der Waals surface area contributed by atoms with Crippen molar-refractivity contribution >= 4 is 5.69 Å². The molecule has 13 heavy (non-hydrogen) atoms. The molecule has 0 atom stereocenters. The Kier molecular flexibility index (Phi) is 2.39.